The van der Waals surface area contributed by atoms with Crippen molar-refractivity contribution in [2.75, 3.05) is 13.4 Å². The quantitative estimate of drug-likeness (QED) is 0.149. The van der Waals surface area contributed by atoms with E-state index in [1.165, 1.54) is 13.8 Å². The number of nitrogens with zero attached hydrogens (tertiary/aromatic N) is 1. The molecule has 0 spiro atoms. The second-order valence-electron chi connectivity index (χ2n) is 7.06. The minimum absolute atomic E-state index is 0.105. The van der Waals surface area contributed by atoms with E-state index in [0.29, 0.717) is 12.1 Å². The highest BCUT2D eigenvalue weighted by molar-refractivity contribution is 5.96. The molecule has 1 aromatic carbocycles. The fourth-order valence-corrected chi connectivity index (χ4v) is 2.83. The van der Waals surface area contributed by atoms with E-state index in [1.807, 2.05) is 0 Å². The molecule has 1 heterocycles. The molecule has 1 unspecified atom stereocenters. The van der Waals surface area contributed by atoms with Gasteiger partial charge in [0.2, 0.25) is 12.9 Å². The lowest BCUT2D eigenvalue weighted by Crippen LogP contribution is -2.41. The van der Waals surface area contributed by atoms with Gasteiger partial charge in [0.25, 0.3) is 5.09 Å². The van der Waals surface area contributed by atoms with Crippen LogP contribution in [-0.2, 0) is 23.8 Å². The van der Waals surface area contributed by atoms with Gasteiger partial charge in [-0.2, -0.15) is 13.2 Å². The van der Waals surface area contributed by atoms with Gasteiger partial charge >= 0.3 is 24.7 Å². The van der Waals surface area contributed by atoms with Gasteiger partial charge in [-0.3, -0.25) is 0 Å². The van der Waals surface area contributed by atoms with Crippen molar-refractivity contribution >= 4 is 18.2 Å². The highest BCUT2D eigenvalue weighted by Crippen LogP contribution is 2.41. The molecule has 0 aromatic heterocycles. The molecule has 1 aliphatic heterocycles. The van der Waals surface area contributed by atoms with Crippen molar-refractivity contribution in [3.63, 3.8) is 0 Å². The Morgan fingerprint density at radius 1 is 1.17 bits per heavy atom. The number of hydrogen-bond acceptors (Lipinski definition) is 10. The average molecular weight is 533 g/mol. The van der Waals surface area contributed by atoms with Crippen molar-refractivity contribution in [3.05, 3.63) is 38.9 Å². The molecule has 2 atom stereocenters. The first-order valence-electron chi connectivity index (χ1n) is 9.70. The Balaban J connectivity index is 2.09. The predicted molar refractivity (Wildman–Crippen MR) is 102 cm³/mol. The highest BCUT2D eigenvalue weighted by Gasteiger charge is 2.49. The zero-order valence-electron chi connectivity index (χ0n) is 18.3. The standard InChI is InChI=1S/C19H17F6NO10/c1-9-5-12(36-19(23,24)25)6-11-7-13(15(18(20,21)22)35-14(9)11)16(27)31-8-32-17(28)34-10(2)3-4-33-26(29)30/h5-7,10,15H,3-4,8H2,1-2H3/t10?,15-/m0/s1. The molecular formula is C19H17F6NO10. The van der Waals surface area contributed by atoms with Crippen LogP contribution in [0.5, 0.6) is 11.5 Å². The largest absolute Gasteiger partial charge is 0.573 e. The molecular weight excluding hydrogens is 516 g/mol. The van der Waals surface area contributed by atoms with Crippen molar-refractivity contribution in [1.82, 2.24) is 0 Å². The summed E-state index contributed by atoms with van der Waals surface area (Å²) in [6.45, 7) is 0.905. The van der Waals surface area contributed by atoms with Crippen LogP contribution in [0.25, 0.3) is 6.08 Å². The van der Waals surface area contributed by atoms with Crippen LogP contribution in [-0.4, -0.2) is 55.4 Å². The van der Waals surface area contributed by atoms with Crippen LogP contribution in [0, 0.1) is 17.0 Å². The summed E-state index contributed by atoms with van der Waals surface area (Å²) in [6, 6.07) is 1.52. The number of alkyl halides is 6. The van der Waals surface area contributed by atoms with Gasteiger partial charge in [0, 0.05) is 12.0 Å². The summed E-state index contributed by atoms with van der Waals surface area (Å²) in [6.07, 6.45) is -14.9. The third kappa shape index (κ3) is 8.38. The lowest BCUT2D eigenvalue weighted by Gasteiger charge is -2.29. The molecule has 0 radical (unpaired) electrons. The van der Waals surface area contributed by atoms with E-state index in [-0.39, 0.29) is 17.5 Å². The minimum atomic E-state index is -5.13. The van der Waals surface area contributed by atoms with Gasteiger partial charge in [-0.25, -0.2) is 9.59 Å². The fraction of sp³-hybridized carbons (Fsp3) is 0.474. The lowest BCUT2D eigenvalue weighted by atomic mass is 9.99. The summed E-state index contributed by atoms with van der Waals surface area (Å²) in [5.74, 6) is -2.85. The number of fused-ring (bicyclic) bond motifs is 1. The monoisotopic (exact) mass is 533 g/mol. The summed E-state index contributed by atoms with van der Waals surface area (Å²) in [5.41, 5.74) is -1.60. The zero-order valence-corrected chi connectivity index (χ0v) is 18.3. The Morgan fingerprint density at radius 3 is 2.42 bits per heavy atom. The molecule has 0 fully saturated rings. The van der Waals surface area contributed by atoms with E-state index in [4.69, 9.17) is 4.74 Å². The van der Waals surface area contributed by atoms with E-state index in [2.05, 4.69) is 23.8 Å². The first kappa shape index (κ1) is 28.3. The Morgan fingerprint density at radius 2 is 1.83 bits per heavy atom. The van der Waals surface area contributed by atoms with E-state index < -0.39 is 72.4 Å². The predicted octanol–water partition coefficient (Wildman–Crippen LogP) is 4.24. The molecule has 0 bridgehead atoms. The Kier molecular flexibility index (Phi) is 8.82. The number of ether oxygens (including phenoxy) is 5. The van der Waals surface area contributed by atoms with Crippen LogP contribution in [0.4, 0.5) is 31.1 Å². The van der Waals surface area contributed by atoms with Crippen LogP contribution in [0.2, 0.25) is 0 Å². The second kappa shape index (κ2) is 11.2. The van der Waals surface area contributed by atoms with E-state index in [9.17, 15) is 46.0 Å². The van der Waals surface area contributed by atoms with Gasteiger partial charge in [-0.15, -0.1) is 23.3 Å². The summed E-state index contributed by atoms with van der Waals surface area (Å²) in [7, 11) is 0. The number of carbonyl (C=O) groups excluding carboxylic acids is 2. The molecule has 0 aliphatic carbocycles. The number of rotatable bonds is 9. The molecule has 2 rings (SSSR count). The van der Waals surface area contributed by atoms with E-state index in [0.717, 1.165) is 6.07 Å². The number of carbonyl (C=O) groups is 2. The molecule has 1 aliphatic rings. The molecule has 0 saturated carbocycles. The third-order valence-electron chi connectivity index (χ3n) is 4.26. The van der Waals surface area contributed by atoms with Gasteiger partial charge in [0.05, 0.1) is 12.2 Å². The average Bonchev–Trinajstić information content (AvgIpc) is 2.70. The summed E-state index contributed by atoms with van der Waals surface area (Å²) < 4.78 is 100. The van der Waals surface area contributed by atoms with Gasteiger partial charge < -0.3 is 28.5 Å². The number of esters is 1. The maximum absolute atomic E-state index is 13.5. The maximum atomic E-state index is 13.5. The Bertz CT molecular complexity index is 1020. The molecule has 17 heteroatoms. The smallest absolute Gasteiger partial charge is 0.475 e. The molecule has 11 nitrogen and oxygen atoms in total. The molecule has 0 N–H and O–H groups in total. The number of hydrogen-bond donors (Lipinski definition) is 0. The van der Waals surface area contributed by atoms with Crippen LogP contribution < -0.4 is 9.47 Å². The molecule has 0 amide bonds. The van der Waals surface area contributed by atoms with Crippen LogP contribution in [0.1, 0.15) is 24.5 Å². The van der Waals surface area contributed by atoms with Crippen molar-refractivity contribution < 1.29 is 69.5 Å². The van der Waals surface area contributed by atoms with Crippen molar-refractivity contribution in [1.29, 1.82) is 0 Å². The Hall–Kier alpha value is -3.92. The second-order valence-corrected chi connectivity index (χ2v) is 7.06. The van der Waals surface area contributed by atoms with E-state index >= 15 is 0 Å². The van der Waals surface area contributed by atoms with Crippen LogP contribution in [0.3, 0.4) is 0 Å². The third-order valence-corrected chi connectivity index (χ3v) is 4.26. The maximum Gasteiger partial charge on any atom is 0.573 e. The van der Waals surface area contributed by atoms with Crippen LogP contribution >= 0.6 is 0 Å². The zero-order chi connectivity index (χ0) is 27.3. The topological polar surface area (TPSA) is 133 Å². The van der Waals surface area contributed by atoms with Gasteiger partial charge in [-0.05, 0) is 37.6 Å². The van der Waals surface area contributed by atoms with Gasteiger partial charge in [0.1, 0.15) is 17.6 Å². The van der Waals surface area contributed by atoms with Crippen molar-refractivity contribution in [3.8, 4) is 11.5 Å². The van der Waals surface area contributed by atoms with Gasteiger partial charge in [-0.1, -0.05) is 0 Å². The molecule has 36 heavy (non-hydrogen) atoms. The summed E-state index contributed by atoms with van der Waals surface area (Å²) in [5, 5.41) is 8.98. The minimum Gasteiger partial charge on any atom is -0.475 e. The fourth-order valence-electron chi connectivity index (χ4n) is 2.83. The molecule has 200 valence electrons. The van der Waals surface area contributed by atoms with E-state index in [1.54, 1.807) is 0 Å². The Labute approximate surface area is 197 Å². The summed E-state index contributed by atoms with van der Waals surface area (Å²) in [4.78, 5) is 37.9. The van der Waals surface area contributed by atoms with Crippen molar-refractivity contribution in [2.24, 2.45) is 0 Å². The molecule has 0 saturated heterocycles. The number of halogens is 6. The highest BCUT2D eigenvalue weighted by atomic mass is 19.4. The first-order valence-corrected chi connectivity index (χ1v) is 9.70. The molecule has 1 aromatic rings. The van der Waals surface area contributed by atoms with Crippen LogP contribution in [0.15, 0.2) is 17.7 Å². The normalized spacial score (nSPS) is 16.0. The lowest BCUT2D eigenvalue weighted by molar-refractivity contribution is -0.758. The number of aryl methyl sites for hydroxylation is 1. The first-order chi connectivity index (χ1) is 16.6. The SMILES string of the molecule is Cc1cc(OC(F)(F)F)cc2c1O[C@H](C(F)(F)F)C(C(=O)OCOC(=O)OC(C)CCO[N+](=O)[O-])=C2. The van der Waals surface area contributed by atoms with Crippen molar-refractivity contribution in [2.45, 2.75) is 45.0 Å². The summed E-state index contributed by atoms with van der Waals surface area (Å²) >= 11 is 0. The van der Waals surface area contributed by atoms with Gasteiger partial charge in [0.15, 0.2) is 0 Å². The number of benzene rings is 1.